The van der Waals surface area contributed by atoms with Crippen molar-refractivity contribution in [1.82, 2.24) is 10.6 Å². The van der Waals surface area contributed by atoms with Crippen LogP contribution in [0.25, 0.3) is 0 Å². The van der Waals surface area contributed by atoms with Gasteiger partial charge in [0.1, 0.15) is 25.0 Å². The largest absolute Gasteiger partial charge is 0.470 e. The fourth-order valence-electron chi connectivity index (χ4n) is 2.16. The monoisotopic (exact) mass is 485 g/mol. The quantitative estimate of drug-likeness (QED) is 0.153. The number of carbonyl (C=O) groups excluding carboxylic acids is 4. The maximum atomic E-state index is 12.3. The lowest BCUT2D eigenvalue weighted by atomic mass is 10.0. The molecule has 0 saturated carbocycles. The molecule has 8 nitrogen and oxygen atoms in total. The lowest BCUT2D eigenvalue weighted by Gasteiger charge is -2.23. The standard InChI is InChI=1S/C17H21BIN3O5/c1-10(2)14(22-17(19)26)15(24)21-13(8-23)7-20-12-5-3-11(4-6-12)9-27-16(18)25/h3-6,8,10,13-14,20H,7,9H2,1-2H3,(H,21,24)(H,22,26)/t13?,14-/m0/s1. The van der Waals surface area contributed by atoms with E-state index in [9.17, 15) is 19.2 Å². The van der Waals surface area contributed by atoms with E-state index in [0.29, 0.717) is 6.29 Å². The van der Waals surface area contributed by atoms with Gasteiger partial charge in [0.15, 0.2) is 0 Å². The van der Waals surface area contributed by atoms with E-state index >= 15 is 0 Å². The summed E-state index contributed by atoms with van der Waals surface area (Å²) >= 11 is 1.56. The smallest absolute Gasteiger partial charge is 0.281 e. The summed E-state index contributed by atoms with van der Waals surface area (Å²) in [5.74, 6) is -1.40. The highest BCUT2D eigenvalue weighted by molar-refractivity contribution is 14.1. The number of aldehydes is 1. The zero-order valence-electron chi connectivity index (χ0n) is 15.0. The summed E-state index contributed by atoms with van der Waals surface area (Å²) in [5, 5.41) is 8.21. The molecule has 0 saturated heterocycles. The van der Waals surface area contributed by atoms with Crippen LogP contribution in [-0.2, 0) is 20.9 Å². The van der Waals surface area contributed by atoms with E-state index in [-0.39, 0.29) is 23.0 Å². The van der Waals surface area contributed by atoms with E-state index in [1.165, 1.54) is 0 Å². The molecule has 3 N–H and O–H groups in total. The second-order valence-electron chi connectivity index (χ2n) is 6.08. The van der Waals surface area contributed by atoms with E-state index in [0.717, 1.165) is 11.3 Å². The number of benzene rings is 1. The fraction of sp³-hybridized carbons (Fsp3) is 0.412. The van der Waals surface area contributed by atoms with Crippen LogP contribution in [0.15, 0.2) is 24.3 Å². The Labute approximate surface area is 172 Å². The van der Waals surface area contributed by atoms with E-state index in [4.69, 9.17) is 12.6 Å². The number of carbonyl (C=O) groups is 4. The second-order valence-corrected chi connectivity index (χ2v) is 7.06. The van der Waals surface area contributed by atoms with Crippen molar-refractivity contribution in [3.63, 3.8) is 0 Å². The van der Waals surface area contributed by atoms with E-state index < -0.39 is 23.9 Å². The van der Waals surface area contributed by atoms with Gasteiger partial charge >= 0.3 is 0 Å². The first-order chi connectivity index (χ1) is 12.7. The predicted molar refractivity (Wildman–Crippen MR) is 110 cm³/mol. The van der Waals surface area contributed by atoms with Gasteiger partial charge in [0, 0.05) is 34.8 Å². The van der Waals surface area contributed by atoms with Crippen LogP contribution < -0.4 is 16.0 Å². The minimum Gasteiger partial charge on any atom is -0.470 e. The Morgan fingerprint density at radius 2 is 1.81 bits per heavy atom. The second kappa shape index (κ2) is 11.6. The third kappa shape index (κ3) is 8.89. The molecule has 1 rings (SSSR count). The van der Waals surface area contributed by atoms with Crippen LogP contribution in [0.5, 0.6) is 0 Å². The van der Waals surface area contributed by atoms with Crippen LogP contribution in [0, 0.1) is 5.92 Å². The Morgan fingerprint density at radius 1 is 1.19 bits per heavy atom. The van der Waals surface area contributed by atoms with E-state index in [1.807, 2.05) is 0 Å². The van der Waals surface area contributed by atoms with Crippen molar-refractivity contribution in [3.05, 3.63) is 29.8 Å². The summed E-state index contributed by atoms with van der Waals surface area (Å²) in [6, 6.07) is 5.49. The average molecular weight is 485 g/mol. The van der Waals surface area contributed by atoms with E-state index in [2.05, 4.69) is 16.0 Å². The van der Waals surface area contributed by atoms with Gasteiger partial charge in [0.2, 0.25) is 19.6 Å². The fourth-order valence-corrected chi connectivity index (χ4v) is 2.50. The Bertz CT molecular complexity index is 669. The Balaban J connectivity index is 2.57. The molecule has 10 heteroatoms. The molecule has 0 aliphatic rings. The topological polar surface area (TPSA) is 114 Å². The zero-order chi connectivity index (χ0) is 20.4. The minimum atomic E-state index is -0.847. The highest BCUT2D eigenvalue weighted by Crippen LogP contribution is 2.11. The number of hydrogen-bond acceptors (Lipinski definition) is 6. The molecule has 2 radical (unpaired) electrons. The molecular weight excluding hydrogens is 464 g/mol. The van der Waals surface area contributed by atoms with Crippen molar-refractivity contribution in [2.24, 2.45) is 5.92 Å². The Kier molecular flexibility index (Phi) is 9.83. The minimum absolute atomic E-state index is 0.0712. The lowest BCUT2D eigenvalue weighted by molar-refractivity contribution is -0.126. The number of rotatable bonds is 10. The molecule has 1 aromatic carbocycles. The molecule has 1 unspecified atom stereocenters. The van der Waals surface area contributed by atoms with Gasteiger partial charge in [-0.05, 0) is 23.6 Å². The Hall–Kier alpha value is -2.11. The highest BCUT2D eigenvalue weighted by Gasteiger charge is 2.25. The van der Waals surface area contributed by atoms with Crippen molar-refractivity contribution in [2.45, 2.75) is 32.5 Å². The molecular formula is C17H21BIN3O5. The molecule has 144 valence electrons. The van der Waals surface area contributed by atoms with Gasteiger partial charge in [0.05, 0.1) is 0 Å². The summed E-state index contributed by atoms with van der Waals surface area (Å²) in [6.45, 7) is 3.85. The highest BCUT2D eigenvalue weighted by atomic mass is 127. The summed E-state index contributed by atoms with van der Waals surface area (Å²) < 4.78 is 4.35. The third-order valence-electron chi connectivity index (χ3n) is 3.57. The summed E-state index contributed by atoms with van der Waals surface area (Å²) in [5.41, 5.74) is 1.48. The van der Waals surface area contributed by atoms with Crippen LogP contribution in [0.3, 0.4) is 0 Å². The van der Waals surface area contributed by atoms with Crippen molar-refractivity contribution in [2.75, 3.05) is 11.9 Å². The first-order valence-corrected chi connectivity index (χ1v) is 9.27. The summed E-state index contributed by atoms with van der Waals surface area (Å²) in [7, 11) is 4.91. The maximum Gasteiger partial charge on any atom is 0.281 e. The summed E-state index contributed by atoms with van der Waals surface area (Å²) in [4.78, 5) is 45.4. The Morgan fingerprint density at radius 3 is 2.30 bits per heavy atom. The van der Waals surface area contributed by atoms with Gasteiger partial charge < -0.3 is 25.5 Å². The van der Waals surface area contributed by atoms with Crippen LogP contribution in [-0.4, -0.2) is 48.5 Å². The van der Waals surface area contributed by atoms with E-state index in [1.54, 1.807) is 60.7 Å². The maximum absolute atomic E-state index is 12.3. The molecule has 0 bridgehead atoms. The molecule has 0 heterocycles. The first-order valence-electron chi connectivity index (χ1n) is 8.19. The predicted octanol–water partition coefficient (Wildman–Crippen LogP) is 1.76. The molecule has 0 spiro atoms. The molecule has 2 amide bonds. The third-order valence-corrected chi connectivity index (χ3v) is 3.88. The number of nitrogens with one attached hydrogen (secondary N) is 3. The summed E-state index contributed by atoms with van der Waals surface area (Å²) in [6.07, 6.45) is 0.628. The van der Waals surface area contributed by atoms with Gasteiger partial charge in [-0.1, -0.05) is 26.0 Å². The normalized spacial score (nSPS) is 12.6. The number of hydrogen-bond donors (Lipinski definition) is 3. The number of ether oxygens (including phenoxy) is 1. The number of halogens is 1. The van der Waals surface area contributed by atoms with Crippen molar-refractivity contribution in [3.8, 4) is 0 Å². The first kappa shape index (κ1) is 22.9. The lowest BCUT2D eigenvalue weighted by Crippen LogP contribution is -2.52. The van der Waals surface area contributed by atoms with Crippen molar-refractivity contribution in [1.29, 1.82) is 0 Å². The van der Waals surface area contributed by atoms with Gasteiger partial charge in [-0.25, -0.2) is 0 Å². The molecule has 2 atom stereocenters. The molecule has 1 aromatic rings. The number of amides is 2. The molecule has 0 aliphatic carbocycles. The molecule has 0 aromatic heterocycles. The molecule has 0 fully saturated rings. The average Bonchev–Trinajstić information content (AvgIpc) is 2.61. The van der Waals surface area contributed by atoms with Crippen LogP contribution in [0.4, 0.5) is 15.3 Å². The molecule has 27 heavy (non-hydrogen) atoms. The van der Waals surface area contributed by atoms with Gasteiger partial charge in [-0.15, -0.1) is 0 Å². The SMILES string of the molecule is [B]C(=O)OCc1ccc(NCC(C=O)NC(=O)[C@@H](NC(=O)I)C(C)C)cc1. The van der Waals surface area contributed by atoms with Gasteiger partial charge in [-0.3, -0.25) is 14.4 Å². The van der Waals surface area contributed by atoms with Crippen LogP contribution >= 0.6 is 22.6 Å². The van der Waals surface area contributed by atoms with Crippen LogP contribution in [0.1, 0.15) is 19.4 Å². The van der Waals surface area contributed by atoms with Gasteiger partial charge in [-0.2, -0.15) is 0 Å². The van der Waals surface area contributed by atoms with Crippen LogP contribution in [0.2, 0.25) is 0 Å². The van der Waals surface area contributed by atoms with Gasteiger partial charge in [0.25, 0.3) is 3.91 Å². The molecule has 0 aliphatic heterocycles. The zero-order valence-corrected chi connectivity index (χ0v) is 17.2. The van der Waals surface area contributed by atoms with Crippen molar-refractivity contribution < 1.29 is 23.9 Å². The van der Waals surface area contributed by atoms with Crippen molar-refractivity contribution >= 4 is 58.1 Å². The number of anilines is 1.